The number of ether oxygens (including phenoxy) is 2. The maximum atomic E-state index is 10.6. The second-order valence-corrected chi connectivity index (χ2v) is 5.24. The lowest BCUT2D eigenvalue weighted by Gasteiger charge is -2.15. The van der Waals surface area contributed by atoms with Crippen LogP contribution in [-0.4, -0.2) is 24.3 Å². The maximum absolute atomic E-state index is 10.6. The van der Waals surface area contributed by atoms with Crippen molar-refractivity contribution >= 4 is 17.6 Å². The van der Waals surface area contributed by atoms with Crippen molar-refractivity contribution in [3.63, 3.8) is 0 Å². The molecule has 5 heteroatoms. The normalized spacial score (nSPS) is 10.4. The summed E-state index contributed by atoms with van der Waals surface area (Å²) in [6, 6.07) is 3.63. The first-order chi connectivity index (χ1) is 10.1. The van der Waals surface area contributed by atoms with E-state index in [0.717, 1.165) is 18.4 Å². The smallest absolute Gasteiger partial charge is 0.303 e. The number of hydrogen-bond donors (Lipinski definition) is 1. The third kappa shape index (κ3) is 6.25. The molecule has 1 aromatic carbocycles. The van der Waals surface area contributed by atoms with Gasteiger partial charge in [-0.3, -0.25) is 4.79 Å². The summed E-state index contributed by atoms with van der Waals surface area (Å²) in [5.74, 6) is 0.536. The zero-order chi connectivity index (χ0) is 15.7. The van der Waals surface area contributed by atoms with Crippen molar-refractivity contribution in [2.24, 2.45) is 0 Å². The van der Waals surface area contributed by atoms with E-state index in [2.05, 4.69) is 0 Å². The molecular formula is C16H23ClO4. The van der Waals surface area contributed by atoms with E-state index < -0.39 is 5.97 Å². The monoisotopic (exact) mass is 314 g/mol. The molecule has 0 bridgehead atoms. The van der Waals surface area contributed by atoms with Crippen LogP contribution in [0.4, 0.5) is 0 Å². The molecule has 0 amide bonds. The Hall–Kier alpha value is -1.42. The number of carboxylic acids is 1. The first kappa shape index (κ1) is 17.6. The van der Waals surface area contributed by atoms with Crippen molar-refractivity contribution in [1.29, 1.82) is 0 Å². The summed E-state index contributed by atoms with van der Waals surface area (Å²) in [6.45, 7) is 5.29. The molecule has 0 aliphatic heterocycles. The topological polar surface area (TPSA) is 55.8 Å². The molecule has 0 spiro atoms. The fourth-order valence-corrected chi connectivity index (χ4v) is 2.10. The summed E-state index contributed by atoms with van der Waals surface area (Å²) >= 11 is 6.25. The molecule has 0 aliphatic carbocycles. The lowest BCUT2D eigenvalue weighted by molar-refractivity contribution is -0.137. The third-order valence-corrected chi connectivity index (χ3v) is 3.22. The predicted octanol–water partition coefficient (Wildman–Crippen LogP) is 4.32. The van der Waals surface area contributed by atoms with Crippen LogP contribution in [0, 0.1) is 0 Å². The van der Waals surface area contributed by atoms with Crippen LogP contribution in [0.1, 0.15) is 45.1 Å². The molecule has 0 heterocycles. The quantitative estimate of drug-likeness (QED) is 0.698. The first-order valence-corrected chi connectivity index (χ1v) is 7.76. The third-order valence-electron chi connectivity index (χ3n) is 2.87. The van der Waals surface area contributed by atoms with Gasteiger partial charge >= 0.3 is 5.97 Å². The Balaban J connectivity index is 2.85. The summed E-state index contributed by atoms with van der Waals surface area (Å²) in [7, 11) is 0. The Morgan fingerprint density at radius 2 is 1.71 bits per heavy atom. The summed E-state index contributed by atoms with van der Waals surface area (Å²) in [4.78, 5) is 10.6. The van der Waals surface area contributed by atoms with Gasteiger partial charge in [0.25, 0.3) is 0 Å². The van der Waals surface area contributed by atoms with Gasteiger partial charge in [0.05, 0.1) is 13.2 Å². The Bertz CT molecular complexity index is 460. The van der Waals surface area contributed by atoms with E-state index in [-0.39, 0.29) is 6.42 Å². The second kappa shape index (κ2) is 9.50. The van der Waals surface area contributed by atoms with E-state index in [1.807, 2.05) is 19.9 Å². The van der Waals surface area contributed by atoms with Crippen molar-refractivity contribution in [3.8, 4) is 11.5 Å². The van der Waals surface area contributed by atoms with Crippen molar-refractivity contribution in [2.45, 2.75) is 46.0 Å². The van der Waals surface area contributed by atoms with E-state index >= 15 is 0 Å². The zero-order valence-corrected chi connectivity index (χ0v) is 13.4. The van der Waals surface area contributed by atoms with Crippen LogP contribution in [0.5, 0.6) is 11.5 Å². The van der Waals surface area contributed by atoms with E-state index in [1.54, 1.807) is 6.07 Å². The van der Waals surface area contributed by atoms with Crippen molar-refractivity contribution in [3.05, 3.63) is 22.7 Å². The van der Waals surface area contributed by atoms with Gasteiger partial charge < -0.3 is 14.6 Å². The average molecular weight is 315 g/mol. The maximum Gasteiger partial charge on any atom is 0.303 e. The minimum atomic E-state index is -0.795. The van der Waals surface area contributed by atoms with Gasteiger partial charge in [-0.1, -0.05) is 25.4 Å². The summed E-state index contributed by atoms with van der Waals surface area (Å²) in [6.07, 6.45) is 3.12. The van der Waals surface area contributed by atoms with Crippen molar-refractivity contribution in [1.82, 2.24) is 0 Å². The van der Waals surface area contributed by atoms with Crippen LogP contribution in [0.2, 0.25) is 5.02 Å². The fourth-order valence-electron chi connectivity index (χ4n) is 1.85. The van der Waals surface area contributed by atoms with Gasteiger partial charge in [-0.2, -0.15) is 0 Å². The highest BCUT2D eigenvalue weighted by atomic mass is 35.5. The molecule has 118 valence electrons. The average Bonchev–Trinajstić information content (AvgIpc) is 2.45. The molecule has 0 saturated heterocycles. The molecule has 0 aromatic heterocycles. The van der Waals surface area contributed by atoms with Gasteiger partial charge in [0.15, 0.2) is 11.5 Å². The molecule has 21 heavy (non-hydrogen) atoms. The molecule has 4 nitrogen and oxygen atoms in total. The van der Waals surface area contributed by atoms with Crippen molar-refractivity contribution < 1.29 is 19.4 Å². The number of aliphatic carboxylic acids is 1. The molecule has 1 aromatic rings. The van der Waals surface area contributed by atoms with Crippen LogP contribution >= 0.6 is 11.6 Å². The molecule has 0 unspecified atom stereocenters. The van der Waals surface area contributed by atoms with Crippen LogP contribution in [-0.2, 0) is 11.2 Å². The molecule has 1 N–H and O–H groups in total. The summed E-state index contributed by atoms with van der Waals surface area (Å²) in [5.41, 5.74) is 0.896. The number of rotatable bonds is 10. The van der Waals surface area contributed by atoms with E-state index in [0.29, 0.717) is 42.6 Å². The van der Waals surface area contributed by atoms with E-state index in [1.165, 1.54) is 0 Å². The van der Waals surface area contributed by atoms with Gasteiger partial charge in [-0.25, -0.2) is 0 Å². The Kier molecular flexibility index (Phi) is 7.98. The largest absolute Gasteiger partial charge is 0.490 e. The number of halogens is 1. The van der Waals surface area contributed by atoms with Crippen LogP contribution in [0.3, 0.4) is 0 Å². The highest BCUT2D eigenvalue weighted by Crippen LogP contribution is 2.34. The van der Waals surface area contributed by atoms with Gasteiger partial charge in [-0.15, -0.1) is 0 Å². The number of hydrogen-bond acceptors (Lipinski definition) is 3. The summed E-state index contributed by atoms with van der Waals surface area (Å²) < 4.78 is 11.4. The Morgan fingerprint density at radius 3 is 2.24 bits per heavy atom. The van der Waals surface area contributed by atoms with Crippen LogP contribution in [0.15, 0.2) is 12.1 Å². The van der Waals surface area contributed by atoms with Gasteiger partial charge in [0.1, 0.15) is 0 Å². The molecule has 0 atom stereocenters. The fraction of sp³-hybridized carbons (Fsp3) is 0.562. The number of carbonyl (C=O) groups is 1. The zero-order valence-electron chi connectivity index (χ0n) is 12.7. The van der Waals surface area contributed by atoms with E-state index in [9.17, 15) is 4.79 Å². The second-order valence-electron chi connectivity index (χ2n) is 4.83. The van der Waals surface area contributed by atoms with Gasteiger partial charge in [-0.05, 0) is 37.3 Å². The molecule has 0 fully saturated rings. The highest BCUT2D eigenvalue weighted by molar-refractivity contribution is 6.31. The standard InChI is InChI=1S/C16H23ClO4/c1-3-8-20-14-10-12(6-5-7-16(18)19)13(17)11-15(14)21-9-4-2/h10-11H,3-9H2,1-2H3,(H,18,19). The Morgan fingerprint density at radius 1 is 1.14 bits per heavy atom. The first-order valence-electron chi connectivity index (χ1n) is 7.38. The van der Waals surface area contributed by atoms with Crippen molar-refractivity contribution in [2.75, 3.05) is 13.2 Å². The van der Waals surface area contributed by atoms with Gasteiger partial charge in [0, 0.05) is 17.5 Å². The molecule has 0 saturated carbocycles. The molecule has 0 aliphatic rings. The van der Waals surface area contributed by atoms with Gasteiger partial charge in [0.2, 0.25) is 0 Å². The minimum Gasteiger partial charge on any atom is -0.490 e. The SMILES string of the molecule is CCCOc1cc(Cl)c(CCCC(=O)O)cc1OCCC. The highest BCUT2D eigenvalue weighted by Gasteiger charge is 2.11. The van der Waals surface area contributed by atoms with Crippen LogP contribution < -0.4 is 9.47 Å². The number of aryl methyl sites for hydroxylation is 1. The Labute approximate surface area is 131 Å². The number of carboxylic acid groups (broad SMARTS) is 1. The molecule has 0 radical (unpaired) electrons. The van der Waals surface area contributed by atoms with Crippen LogP contribution in [0.25, 0.3) is 0 Å². The lowest BCUT2D eigenvalue weighted by Crippen LogP contribution is -2.03. The molecular weight excluding hydrogens is 292 g/mol. The van der Waals surface area contributed by atoms with E-state index in [4.69, 9.17) is 26.2 Å². The number of benzene rings is 1. The minimum absolute atomic E-state index is 0.134. The lowest BCUT2D eigenvalue weighted by atomic mass is 10.1. The predicted molar refractivity (Wildman–Crippen MR) is 83.6 cm³/mol. The molecule has 1 rings (SSSR count). The summed E-state index contributed by atoms with van der Waals surface area (Å²) in [5, 5.41) is 9.29.